The molecule has 0 N–H and O–H groups in total. The highest BCUT2D eigenvalue weighted by molar-refractivity contribution is 5.99. The topological polar surface area (TPSA) is 76.8 Å². The van der Waals surface area contributed by atoms with Crippen molar-refractivity contribution in [2.24, 2.45) is 5.92 Å². The van der Waals surface area contributed by atoms with Crippen LogP contribution in [0.2, 0.25) is 0 Å². The fourth-order valence-corrected chi connectivity index (χ4v) is 3.90. The summed E-state index contributed by atoms with van der Waals surface area (Å²) in [5.41, 5.74) is 4.63. The first-order valence-electron chi connectivity index (χ1n) is 10.5. The number of nitrogens with zero attached hydrogens (tertiary/aromatic N) is 1. The second kappa shape index (κ2) is 8.38. The van der Waals surface area contributed by atoms with E-state index in [-0.39, 0.29) is 18.9 Å². The maximum absolute atomic E-state index is 12.7. The first-order chi connectivity index (χ1) is 14.9. The van der Waals surface area contributed by atoms with Crippen molar-refractivity contribution in [3.05, 3.63) is 75.1 Å². The summed E-state index contributed by atoms with van der Waals surface area (Å²) in [5, 5.41) is 0.746. The normalized spacial score (nSPS) is 16.2. The highest BCUT2D eigenvalue weighted by Crippen LogP contribution is 2.27. The number of aryl methyl sites for hydroxylation is 3. The molecule has 0 saturated carbocycles. The Morgan fingerprint density at radius 1 is 1.10 bits per heavy atom. The van der Waals surface area contributed by atoms with Crippen LogP contribution in [-0.2, 0) is 27.4 Å². The van der Waals surface area contributed by atoms with E-state index in [4.69, 9.17) is 9.15 Å². The minimum Gasteiger partial charge on any atom is -0.461 e. The molecule has 6 nitrogen and oxygen atoms in total. The van der Waals surface area contributed by atoms with Crippen molar-refractivity contribution in [2.45, 2.75) is 40.2 Å². The van der Waals surface area contributed by atoms with Gasteiger partial charge in [0, 0.05) is 35.7 Å². The Kier molecular flexibility index (Phi) is 5.63. The van der Waals surface area contributed by atoms with Crippen molar-refractivity contribution in [1.82, 2.24) is 0 Å². The number of ether oxygens (including phenoxy) is 1. The van der Waals surface area contributed by atoms with Gasteiger partial charge in [0.05, 0.1) is 5.92 Å². The number of esters is 1. The molecule has 31 heavy (non-hydrogen) atoms. The van der Waals surface area contributed by atoms with E-state index < -0.39 is 17.5 Å². The van der Waals surface area contributed by atoms with Gasteiger partial charge in [-0.3, -0.25) is 9.59 Å². The standard InChI is InChI=1S/C25H25NO5/c1-4-17-5-7-20(8-6-17)26-13-18(11-23(26)27)25(29)30-14-19-12-24(28)31-22-10-16(3)15(2)9-21(19)22/h5-10,12,18H,4,11,13-14H2,1-3H3/t18-/m1/s1. The van der Waals surface area contributed by atoms with E-state index in [2.05, 4.69) is 6.92 Å². The number of fused-ring (bicyclic) bond motifs is 1. The Morgan fingerprint density at radius 3 is 2.52 bits per heavy atom. The molecule has 1 aliphatic heterocycles. The van der Waals surface area contributed by atoms with Gasteiger partial charge in [-0.1, -0.05) is 19.1 Å². The van der Waals surface area contributed by atoms with Crippen LogP contribution in [0.4, 0.5) is 5.69 Å². The minimum absolute atomic E-state index is 0.0423. The molecule has 1 aromatic heterocycles. The third-order valence-corrected chi connectivity index (χ3v) is 5.93. The van der Waals surface area contributed by atoms with Crippen molar-refractivity contribution >= 4 is 28.5 Å². The van der Waals surface area contributed by atoms with Crippen molar-refractivity contribution in [3.8, 4) is 0 Å². The van der Waals surface area contributed by atoms with Crippen molar-refractivity contribution in [3.63, 3.8) is 0 Å². The van der Waals surface area contributed by atoms with Gasteiger partial charge >= 0.3 is 11.6 Å². The van der Waals surface area contributed by atoms with Crippen LogP contribution in [0.25, 0.3) is 11.0 Å². The third-order valence-electron chi connectivity index (χ3n) is 5.93. The maximum Gasteiger partial charge on any atom is 0.336 e. The highest BCUT2D eigenvalue weighted by Gasteiger charge is 2.36. The molecule has 1 amide bonds. The quantitative estimate of drug-likeness (QED) is 0.460. The molecule has 0 aliphatic carbocycles. The summed E-state index contributed by atoms with van der Waals surface area (Å²) in [5.74, 6) is -1.07. The molecule has 1 saturated heterocycles. The van der Waals surface area contributed by atoms with Crippen molar-refractivity contribution in [1.29, 1.82) is 0 Å². The number of hydrogen-bond acceptors (Lipinski definition) is 5. The summed E-state index contributed by atoms with van der Waals surface area (Å²) in [6.45, 7) is 6.24. The van der Waals surface area contributed by atoms with Gasteiger partial charge in [-0.15, -0.1) is 0 Å². The van der Waals surface area contributed by atoms with E-state index in [1.807, 2.05) is 50.2 Å². The number of anilines is 1. The van der Waals surface area contributed by atoms with Gasteiger partial charge in [-0.05, 0) is 61.2 Å². The third kappa shape index (κ3) is 4.24. The molecule has 6 heteroatoms. The highest BCUT2D eigenvalue weighted by atomic mass is 16.5. The molecular weight excluding hydrogens is 394 g/mol. The molecule has 160 valence electrons. The zero-order valence-electron chi connectivity index (χ0n) is 17.9. The van der Waals surface area contributed by atoms with Gasteiger partial charge in [0.2, 0.25) is 5.91 Å². The summed E-state index contributed by atoms with van der Waals surface area (Å²) in [6.07, 6.45) is 1.04. The van der Waals surface area contributed by atoms with E-state index in [0.717, 1.165) is 28.6 Å². The number of amides is 1. The lowest BCUT2D eigenvalue weighted by Gasteiger charge is -2.17. The zero-order valence-corrected chi connectivity index (χ0v) is 17.9. The van der Waals surface area contributed by atoms with Crippen molar-refractivity contribution < 1.29 is 18.7 Å². The van der Waals surface area contributed by atoms with Crippen LogP contribution >= 0.6 is 0 Å². The number of benzene rings is 2. The molecule has 2 heterocycles. The molecule has 4 rings (SSSR count). The number of carbonyl (C=O) groups is 2. The average Bonchev–Trinajstić information content (AvgIpc) is 3.15. The molecule has 2 aromatic carbocycles. The lowest BCUT2D eigenvalue weighted by atomic mass is 10.0. The molecule has 0 radical (unpaired) electrons. The summed E-state index contributed by atoms with van der Waals surface area (Å²) in [4.78, 5) is 38.7. The summed E-state index contributed by atoms with van der Waals surface area (Å²) >= 11 is 0. The molecular formula is C25H25NO5. The Labute approximate surface area is 180 Å². The van der Waals surface area contributed by atoms with Gasteiger partial charge in [-0.25, -0.2) is 4.79 Å². The Morgan fingerprint density at radius 2 is 1.81 bits per heavy atom. The molecule has 0 bridgehead atoms. The largest absolute Gasteiger partial charge is 0.461 e. The summed E-state index contributed by atoms with van der Waals surface area (Å²) in [7, 11) is 0. The predicted octanol–water partition coefficient (Wildman–Crippen LogP) is 4.07. The van der Waals surface area contributed by atoms with E-state index >= 15 is 0 Å². The Bertz CT molecular complexity index is 1210. The van der Waals surface area contributed by atoms with E-state index in [1.165, 1.54) is 11.6 Å². The van der Waals surface area contributed by atoms with Crippen LogP contribution in [0.5, 0.6) is 0 Å². The fourth-order valence-electron chi connectivity index (χ4n) is 3.90. The summed E-state index contributed by atoms with van der Waals surface area (Å²) in [6, 6.07) is 12.9. The number of rotatable bonds is 5. The first kappa shape index (κ1) is 20.8. The monoisotopic (exact) mass is 419 g/mol. The second-order valence-electron chi connectivity index (χ2n) is 8.06. The molecule has 1 atom stereocenters. The van der Waals surface area contributed by atoms with Gasteiger partial charge in [0.25, 0.3) is 0 Å². The van der Waals surface area contributed by atoms with Crippen LogP contribution in [0.15, 0.2) is 51.7 Å². The summed E-state index contributed by atoms with van der Waals surface area (Å²) < 4.78 is 10.8. The Balaban J connectivity index is 1.47. The van der Waals surface area contributed by atoms with E-state index in [0.29, 0.717) is 17.7 Å². The molecule has 0 spiro atoms. The van der Waals surface area contributed by atoms with Crippen LogP contribution < -0.4 is 10.5 Å². The van der Waals surface area contributed by atoms with Crippen LogP contribution in [0.1, 0.15) is 35.6 Å². The molecule has 1 fully saturated rings. The van der Waals surface area contributed by atoms with Crippen LogP contribution in [0, 0.1) is 19.8 Å². The van der Waals surface area contributed by atoms with Crippen LogP contribution in [-0.4, -0.2) is 18.4 Å². The fraction of sp³-hybridized carbons (Fsp3) is 0.320. The number of hydrogen-bond donors (Lipinski definition) is 0. The molecule has 0 unspecified atom stereocenters. The van der Waals surface area contributed by atoms with Gasteiger partial charge in [0.1, 0.15) is 12.2 Å². The van der Waals surface area contributed by atoms with E-state index in [1.54, 1.807) is 4.90 Å². The van der Waals surface area contributed by atoms with Gasteiger partial charge < -0.3 is 14.1 Å². The zero-order chi connectivity index (χ0) is 22.1. The first-order valence-corrected chi connectivity index (χ1v) is 10.5. The van der Waals surface area contributed by atoms with E-state index in [9.17, 15) is 14.4 Å². The predicted molar refractivity (Wildman–Crippen MR) is 118 cm³/mol. The maximum atomic E-state index is 12.7. The smallest absolute Gasteiger partial charge is 0.336 e. The van der Waals surface area contributed by atoms with Crippen LogP contribution in [0.3, 0.4) is 0 Å². The Hall–Kier alpha value is -3.41. The van der Waals surface area contributed by atoms with Gasteiger partial charge in [0.15, 0.2) is 0 Å². The second-order valence-corrected chi connectivity index (χ2v) is 8.06. The molecule has 1 aliphatic rings. The SMILES string of the molecule is CCc1ccc(N2C[C@H](C(=O)OCc3cc(=O)oc4cc(C)c(C)cc34)CC2=O)cc1. The number of carbonyl (C=O) groups excluding carboxylic acids is 2. The van der Waals surface area contributed by atoms with Gasteiger partial charge in [-0.2, -0.15) is 0 Å². The van der Waals surface area contributed by atoms with Crippen molar-refractivity contribution in [2.75, 3.05) is 11.4 Å². The minimum atomic E-state index is -0.534. The average molecular weight is 419 g/mol. The molecule has 3 aromatic rings. The lowest BCUT2D eigenvalue weighted by molar-refractivity contribution is -0.149. The lowest BCUT2D eigenvalue weighted by Crippen LogP contribution is -2.26.